The van der Waals surface area contributed by atoms with Crippen molar-refractivity contribution in [1.82, 2.24) is 5.32 Å². The van der Waals surface area contributed by atoms with Crippen molar-refractivity contribution in [2.24, 2.45) is 5.41 Å². The van der Waals surface area contributed by atoms with Gasteiger partial charge in [-0.25, -0.2) is 0 Å². The van der Waals surface area contributed by atoms with Crippen molar-refractivity contribution in [1.29, 1.82) is 0 Å². The predicted molar refractivity (Wildman–Crippen MR) is 87.9 cm³/mol. The molecule has 2 fully saturated rings. The van der Waals surface area contributed by atoms with Crippen LogP contribution < -0.4 is 5.32 Å². The summed E-state index contributed by atoms with van der Waals surface area (Å²) in [5.41, 5.74) is 2.01. The van der Waals surface area contributed by atoms with Gasteiger partial charge in [-0.2, -0.15) is 0 Å². The van der Waals surface area contributed by atoms with Gasteiger partial charge in [-0.3, -0.25) is 4.79 Å². The zero-order chi connectivity index (χ0) is 15.4. The van der Waals surface area contributed by atoms with E-state index < -0.39 is 5.97 Å². The highest BCUT2D eigenvalue weighted by Crippen LogP contribution is 2.56. The van der Waals surface area contributed by atoms with E-state index >= 15 is 0 Å². The minimum atomic E-state index is -0.694. The van der Waals surface area contributed by atoms with Gasteiger partial charge in [0.1, 0.15) is 0 Å². The minimum Gasteiger partial charge on any atom is -0.481 e. The second-order valence-corrected chi connectivity index (χ2v) is 7.26. The lowest BCUT2D eigenvalue weighted by atomic mass is 9.83. The van der Waals surface area contributed by atoms with E-state index in [4.69, 9.17) is 5.11 Å². The van der Waals surface area contributed by atoms with Gasteiger partial charge < -0.3 is 10.4 Å². The van der Waals surface area contributed by atoms with Gasteiger partial charge in [0.25, 0.3) is 0 Å². The number of carboxylic acids is 1. The van der Waals surface area contributed by atoms with Crippen molar-refractivity contribution in [3.63, 3.8) is 0 Å². The van der Waals surface area contributed by atoms with Gasteiger partial charge in [-0.1, -0.05) is 30.3 Å². The fraction of sp³-hybridized carbons (Fsp3) is 0.632. The van der Waals surface area contributed by atoms with Gasteiger partial charge in [-0.15, -0.1) is 0 Å². The molecule has 1 spiro atoms. The molecule has 0 radical (unpaired) electrons. The molecule has 0 heterocycles. The minimum absolute atomic E-state index is 0.251. The molecule has 2 aliphatic rings. The number of carbonyl (C=O) groups is 1. The first-order valence-corrected chi connectivity index (χ1v) is 8.67. The van der Waals surface area contributed by atoms with Gasteiger partial charge in [0.05, 0.1) is 0 Å². The molecule has 3 rings (SSSR count). The summed E-state index contributed by atoms with van der Waals surface area (Å²) in [6.45, 7) is 0. The van der Waals surface area contributed by atoms with Gasteiger partial charge in [0, 0.05) is 18.5 Å². The number of benzene rings is 1. The molecule has 2 N–H and O–H groups in total. The first-order valence-electron chi connectivity index (χ1n) is 8.67. The quantitative estimate of drug-likeness (QED) is 0.806. The fourth-order valence-corrected chi connectivity index (χ4v) is 3.85. The Balaban J connectivity index is 1.54. The van der Waals surface area contributed by atoms with Crippen LogP contribution in [-0.4, -0.2) is 23.2 Å². The Hall–Kier alpha value is -1.35. The number of hydrogen-bond donors (Lipinski definition) is 2. The molecular weight excluding hydrogens is 274 g/mol. The topological polar surface area (TPSA) is 49.3 Å². The van der Waals surface area contributed by atoms with Gasteiger partial charge in [0.15, 0.2) is 0 Å². The maximum absolute atomic E-state index is 10.9. The fourth-order valence-electron chi connectivity index (χ4n) is 3.85. The van der Waals surface area contributed by atoms with Crippen LogP contribution in [0.4, 0.5) is 0 Å². The molecule has 2 saturated carbocycles. The number of hydrogen-bond acceptors (Lipinski definition) is 2. The molecule has 0 bridgehead atoms. The van der Waals surface area contributed by atoms with Crippen molar-refractivity contribution in [2.75, 3.05) is 0 Å². The van der Waals surface area contributed by atoms with Crippen molar-refractivity contribution >= 4 is 5.97 Å². The van der Waals surface area contributed by atoms with Crippen LogP contribution in [-0.2, 0) is 11.2 Å². The largest absolute Gasteiger partial charge is 0.481 e. The van der Waals surface area contributed by atoms with E-state index in [1.54, 1.807) is 0 Å². The summed E-state index contributed by atoms with van der Waals surface area (Å²) in [4.78, 5) is 10.9. The van der Waals surface area contributed by atoms with Crippen molar-refractivity contribution in [3.8, 4) is 0 Å². The molecule has 3 heteroatoms. The Morgan fingerprint density at radius 1 is 1.18 bits per heavy atom. The molecule has 2 aliphatic carbocycles. The second-order valence-electron chi connectivity index (χ2n) is 7.26. The summed E-state index contributed by atoms with van der Waals surface area (Å²) in [6, 6.07) is 11.3. The molecular formula is C19H27NO2. The predicted octanol–water partition coefficient (Wildman–Crippen LogP) is 3.77. The summed E-state index contributed by atoms with van der Waals surface area (Å²) < 4.78 is 0. The maximum atomic E-state index is 10.9. The highest BCUT2D eigenvalue weighted by molar-refractivity contribution is 5.66. The zero-order valence-corrected chi connectivity index (χ0v) is 13.3. The van der Waals surface area contributed by atoms with Gasteiger partial charge in [0.2, 0.25) is 0 Å². The molecule has 120 valence electrons. The number of aliphatic carboxylic acids is 1. The third kappa shape index (κ3) is 4.33. The molecule has 1 atom stereocenters. The molecule has 0 saturated heterocycles. The smallest absolute Gasteiger partial charge is 0.303 e. The molecule has 3 nitrogen and oxygen atoms in total. The Bertz CT molecular complexity index is 485. The lowest BCUT2D eigenvalue weighted by molar-refractivity contribution is -0.137. The van der Waals surface area contributed by atoms with E-state index in [2.05, 4.69) is 29.6 Å². The van der Waals surface area contributed by atoms with Crippen molar-refractivity contribution in [2.45, 2.75) is 69.9 Å². The zero-order valence-electron chi connectivity index (χ0n) is 13.3. The molecule has 0 amide bonds. The van der Waals surface area contributed by atoms with Gasteiger partial charge >= 0.3 is 5.97 Å². The average Bonchev–Trinajstić information content (AvgIpc) is 3.28. The van der Waals surface area contributed by atoms with Crippen LogP contribution in [0.25, 0.3) is 0 Å². The van der Waals surface area contributed by atoms with E-state index in [0.29, 0.717) is 17.9 Å². The molecule has 1 aromatic carbocycles. The van der Waals surface area contributed by atoms with Crippen LogP contribution in [0.5, 0.6) is 0 Å². The summed E-state index contributed by atoms with van der Waals surface area (Å²) in [6.07, 6.45) is 10.0. The Labute approximate surface area is 133 Å². The van der Waals surface area contributed by atoms with Gasteiger partial charge in [-0.05, 0) is 62.3 Å². The standard InChI is InChI=1S/C19H27NO2/c21-18(22)7-6-17(14-15-4-2-1-3-5-15)20-16-8-10-19(11-9-16)12-13-19/h1-5,16-17,20H,6-14H2,(H,21,22). The SMILES string of the molecule is O=C(O)CCC(Cc1ccccc1)NC1CCC2(CC1)CC2. The van der Waals surface area contributed by atoms with Crippen LogP contribution in [0.15, 0.2) is 30.3 Å². The third-order valence-corrected chi connectivity index (χ3v) is 5.51. The van der Waals surface area contributed by atoms with Crippen LogP contribution in [0.1, 0.15) is 56.9 Å². The van der Waals surface area contributed by atoms with Crippen LogP contribution in [0.2, 0.25) is 0 Å². The summed E-state index contributed by atoms with van der Waals surface area (Å²) in [5, 5.41) is 12.7. The first-order chi connectivity index (χ1) is 10.7. The van der Waals surface area contributed by atoms with E-state index in [9.17, 15) is 4.79 Å². The summed E-state index contributed by atoms with van der Waals surface area (Å²) >= 11 is 0. The Morgan fingerprint density at radius 2 is 1.86 bits per heavy atom. The number of carboxylic acid groups (broad SMARTS) is 1. The highest BCUT2D eigenvalue weighted by Gasteiger charge is 2.44. The summed E-state index contributed by atoms with van der Waals surface area (Å²) in [7, 11) is 0. The lowest BCUT2D eigenvalue weighted by Crippen LogP contribution is -2.42. The molecule has 1 unspecified atom stereocenters. The molecule has 22 heavy (non-hydrogen) atoms. The molecule has 1 aromatic rings. The lowest BCUT2D eigenvalue weighted by Gasteiger charge is -2.32. The first kappa shape index (κ1) is 15.5. The van der Waals surface area contributed by atoms with Crippen molar-refractivity contribution in [3.05, 3.63) is 35.9 Å². The molecule has 0 aromatic heterocycles. The summed E-state index contributed by atoms with van der Waals surface area (Å²) in [5.74, 6) is -0.694. The average molecular weight is 301 g/mol. The third-order valence-electron chi connectivity index (χ3n) is 5.51. The van der Waals surface area contributed by atoms with E-state index in [-0.39, 0.29) is 12.5 Å². The van der Waals surface area contributed by atoms with E-state index in [0.717, 1.165) is 6.42 Å². The monoisotopic (exact) mass is 301 g/mol. The maximum Gasteiger partial charge on any atom is 0.303 e. The Kier molecular flexibility index (Phi) is 4.82. The normalized spacial score (nSPS) is 21.6. The number of nitrogens with one attached hydrogen (secondary N) is 1. The number of rotatable bonds is 7. The van der Waals surface area contributed by atoms with Crippen molar-refractivity contribution < 1.29 is 9.90 Å². The second kappa shape index (κ2) is 6.82. The highest BCUT2D eigenvalue weighted by atomic mass is 16.4. The Morgan fingerprint density at radius 3 is 2.45 bits per heavy atom. The van der Waals surface area contributed by atoms with E-state index in [1.807, 2.05) is 6.07 Å². The van der Waals surface area contributed by atoms with Crippen LogP contribution in [0, 0.1) is 5.41 Å². The van der Waals surface area contributed by atoms with Crippen LogP contribution in [0.3, 0.4) is 0 Å². The van der Waals surface area contributed by atoms with E-state index in [1.165, 1.54) is 44.1 Å². The van der Waals surface area contributed by atoms with Crippen LogP contribution >= 0.6 is 0 Å². The molecule has 0 aliphatic heterocycles.